The minimum Gasteiger partial charge on any atom is -0.376 e. The van der Waals surface area contributed by atoms with E-state index in [1.54, 1.807) is 4.90 Å². The fourth-order valence-electron chi connectivity index (χ4n) is 4.42. The summed E-state index contributed by atoms with van der Waals surface area (Å²) < 4.78 is 32.3. The second-order valence-electron chi connectivity index (χ2n) is 7.79. The van der Waals surface area contributed by atoms with Gasteiger partial charge in [0.1, 0.15) is 0 Å². The maximum Gasteiger partial charge on any atom is 0.219 e. The molecule has 0 bridgehead atoms. The third-order valence-electron chi connectivity index (χ3n) is 5.71. The molecular formula is C20H30N2O4S. The summed E-state index contributed by atoms with van der Waals surface area (Å²) in [5.74, 6) is 0.480. The first-order valence-electron chi connectivity index (χ1n) is 9.74. The van der Waals surface area contributed by atoms with Gasteiger partial charge in [0.15, 0.2) is 0 Å². The Labute approximate surface area is 162 Å². The molecule has 1 heterocycles. The lowest BCUT2D eigenvalue weighted by atomic mass is 9.97. The average molecular weight is 395 g/mol. The first-order valence-corrected chi connectivity index (χ1v) is 11.6. The topological polar surface area (TPSA) is 75.7 Å². The van der Waals surface area contributed by atoms with Crippen molar-refractivity contribution >= 4 is 15.9 Å². The van der Waals surface area contributed by atoms with Crippen LogP contribution < -0.4 is 4.72 Å². The number of carbonyl (C=O) groups excluding carboxylic acids is 1. The van der Waals surface area contributed by atoms with Crippen LogP contribution in [-0.2, 0) is 19.6 Å². The zero-order valence-corrected chi connectivity index (χ0v) is 17.0. The molecule has 150 valence electrons. The van der Waals surface area contributed by atoms with Crippen LogP contribution in [0.3, 0.4) is 0 Å². The number of nitrogens with one attached hydrogen (secondary N) is 1. The zero-order valence-electron chi connectivity index (χ0n) is 16.1. The van der Waals surface area contributed by atoms with E-state index in [1.807, 2.05) is 6.07 Å². The molecule has 1 aliphatic heterocycles. The van der Waals surface area contributed by atoms with Gasteiger partial charge in [-0.2, -0.15) is 0 Å². The Morgan fingerprint density at radius 1 is 1.22 bits per heavy atom. The van der Waals surface area contributed by atoms with Crippen LogP contribution in [0, 0.1) is 0 Å². The fourth-order valence-corrected chi connectivity index (χ4v) is 5.25. The first-order chi connectivity index (χ1) is 12.8. The normalized spacial score (nSPS) is 29.0. The number of rotatable bonds is 6. The minimum atomic E-state index is -3.33. The predicted molar refractivity (Wildman–Crippen MR) is 105 cm³/mol. The third kappa shape index (κ3) is 5.53. The molecule has 3 rings (SSSR count). The van der Waals surface area contributed by atoms with Crippen LogP contribution in [-0.4, -0.2) is 56.8 Å². The van der Waals surface area contributed by atoms with Gasteiger partial charge in [0.25, 0.3) is 0 Å². The van der Waals surface area contributed by atoms with Gasteiger partial charge in [0.2, 0.25) is 15.9 Å². The van der Waals surface area contributed by atoms with Crippen molar-refractivity contribution in [1.29, 1.82) is 0 Å². The Morgan fingerprint density at radius 3 is 2.63 bits per heavy atom. The Balaban J connectivity index is 1.61. The van der Waals surface area contributed by atoms with Crippen LogP contribution in [0.25, 0.3) is 0 Å². The number of likely N-dealkylation sites (tertiary alicyclic amines) is 1. The van der Waals surface area contributed by atoms with Crippen molar-refractivity contribution < 1.29 is 17.9 Å². The smallest absolute Gasteiger partial charge is 0.219 e. The standard InChI is InChI=1S/C20H30N2O4S/c1-15(23)22-12-6-9-19(21-27(2,24)25)20(22)14-26-18-11-10-17(13-18)16-7-4-3-5-8-16/h3-5,7-8,17-21H,6,9-14H2,1-2H3/t17?,18?,19-,20-/m0/s1. The number of amides is 1. The number of sulfonamides is 1. The van der Waals surface area contributed by atoms with E-state index in [0.29, 0.717) is 19.1 Å². The van der Waals surface area contributed by atoms with E-state index in [0.717, 1.165) is 32.1 Å². The van der Waals surface area contributed by atoms with Crippen molar-refractivity contribution in [2.75, 3.05) is 19.4 Å². The van der Waals surface area contributed by atoms with Gasteiger partial charge >= 0.3 is 0 Å². The van der Waals surface area contributed by atoms with E-state index in [4.69, 9.17) is 4.74 Å². The fraction of sp³-hybridized carbons (Fsp3) is 0.650. The summed E-state index contributed by atoms with van der Waals surface area (Å²) in [6.45, 7) is 2.57. The van der Waals surface area contributed by atoms with Crippen LogP contribution in [0.4, 0.5) is 0 Å². The first kappa shape index (κ1) is 20.3. The number of benzene rings is 1. The molecule has 0 spiro atoms. The molecule has 1 aliphatic carbocycles. The van der Waals surface area contributed by atoms with Crippen LogP contribution in [0.5, 0.6) is 0 Å². The lowest BCUT2D eigenvalue weighted by Crippen LogP contribution is -2.58. The molecule has 6 nitrogen and oxygen atoms in total. The van der Waals surface area contributed by atoms with E-state index < -0.39 is 10.0 Å². The largest absolute Gasteiger partial charge is 0.376 e. The molecule has 1 amide bonds. The van der Waals surface area contributed by atoms with E-state index in [9.17, 15) is 13.2 Å². The molecule has 7 heteroatoms. The monoisotopic (exact) mass is 394 g/mol. The summed E-state index contributed by atoms with van der Waals surface area (Å²) in [7, 11) is -3.33. The second-order valence-corrected chi connectivity index (χ2v) is 9.57. The number of piperidine rings is 1. The van der Waals surface area contributed by atoms with Gasteiger partial charge in [-0.25, -0.2) is 13.1 Å². The van der Waals surface area contributed by atoms with Gasteiger partial charge < -0.3 is 9.64 Å². The van der Waals surface area contributed by atoms with Gasteiger partial charge in [0, 0.05) is 19.5 Å². The highest BCUT2D eigenvalue weighted by Crippen LogP contribution is 2.36. The van der Waals surface area contributed by atoms with Gasteiger partial charge in [-0.1, -0.05) is 30.3 Å². The summed E-state index contributed by atoms with van der Waals surface area (Å²) >= 11 is 0. The van der Waals surface area contributed by atoms with E-state index in [-0.39, 0.29) is 24.1 Å². The van der Waals surface area contributed by atoms with Gasteiger partial charge in [0.05, 0.1) is 25.0 Å². The number of hydrogen-bond acceptors (Lipinski definition) is 4. The Bertz CT molecular complexity index is 738. The molecule has 2 aliphatic rings. The quantitative estimate of drug-likeness (QED) is 0.803. The number of nitrogens with zero attached hydrogens (tertiary/aromatic N) is 1. The third-order valence-corrected chi connectivity index (χ3v) is 6.44. The summed E-state index contributed by atoms with van der Waals surface area (Å²) in [5, 5.41) is 0. The van der Waals surface area contributed by atoms with Crippen molar-refractivity contribution in [2.24, 2.45) is 0 Å². The Kier molecular flexibility index (Phi) is 6.55. The summed E-state index contributed by atoms with van der Waals surface area (Å²) in [6.07, 6.45) is 5.91. The lowest BCUT2D eigenvalue weighted by Gasteiger charge is -2.41. The number of ether oxygens (including phenoxy) is 1. The predicted octanol–water partition coefficient (Wildman–Crippen LogP) is 2.27. The van der Waals surface area contributed by atoms with Gasteiger partial charge in [-0.15, -0.1) is 0 Å². The molecular weight excluding hydrogens is 364 g/mol. The van der Waals surface area contributed by atoms with E-state index >= 15 is 0 Å². The van der Waals surface area contributed by atoms with Crippen molar-refractivity contribution in [3.8, 4) is 0 Å². The highest BCUT2D eigenvalue weighted by Gasteiger charge is 2.36. The van der Waals surface area contributed by atoms with Gasteiger partial charge in [-0.05, 0) is 43.6 Å². The van der Waals surface area contributed by atoms with E-state index in [2.05, 4.69) is 29.0 Å². The number of hydrogen-bond donors (Lipinski definition) is 1. The van der Waals surface area contributed by atoms with Crippen LogP contribution in [0.15, 0.2) is 30.3 Å². The number of carbonyl (C=O) groups is 1. The molecule has 1 saturated carbocycles. The Hall–Kier alpha value is -1.44. The van der Waals surface area contributed by atoms with Crippen LogP contribution in [0.2, 0.25) is 0 Å². The Morgan fingerprint density at radius 2 is 1.96 bits per heavy atom. The summed E-state index contributed by atoms with van der Waals surface area (Å²) in [6, 6.07) is 9.96. The highest BCUT2D eigenvalue weighted by atomic mass is 32.2. The van der Waals surface area contributed by atoms with Crippen molar-refractivity contribution in [3.63, 3.8) is 0 Å². The molecule has 2 unspecified atom stereocenters. The summed E-state index contributed by atoms with van der Waals surface area (Å²) in [4.78, 5) is 13.8. The second kappa shape index (κ2) is 8.71. The van der Waals surface area contributed by atoms with Crippen LogP contribution in [0.1, 0.15) is 50.5 Å². The molecule has 4 atom stereocenters. The molecule has 0 aromatic heterocycles. The van der Waals surface area contributed by atoms with Gasteiger partial charge in [-0.3, -0.25) is 4.79 Å². The van der Waals surface area contributed by atoms with Crippen molar-refractivity contribution in [1.82, 2.24) is 9.62 Å². The molecule has 1 saturated heterocycles. The molecule has 1 N–H and O–H groups in total. The molecule has 2 fully saturated rings. The molecule has 27 heavy (non-hydrogen) atoms. The van der Waals surface area contributed by atoms with Crippen LogP contribution >= 0.6 is 0 Å². The average Bonchev–Trinajstić information content (AvgIpc) is 3.09. The van der Waals surface area contributed by atoms with E-state index in [1.165, 1.54) is 18.7 Å². The highest BCUT2D eigenvalue weighted by molar-refractivity contribution is 7.88. The molecule has 1 aromatic rings. The zero-order chi connectivity index (χ0) is 19.4. The molecule has 0 radical (unpaired) electrons. The minimum absolute atomic E-state index is 0.0304. The van der Waals surface area contributed by atoms with Crippen molar-refractivity contribution in [3.05, 3.63) is 35.9 Å². The summed E-state index contributed by atoms with van der Waals surface area (Å²) in [5.41, 5.74) is 1.35. The maximum atomic E-state index is 12.0. The maximum absolute atomic E-state index is 12.0. The van der Waals surface area contributed by atoms with Crippen molar-refractivity contribution in [2.45, 2.75) is 63.1 Å². The lowest BCUT2D eigenvalue weighted by molar-refractivity contribution is -0.135. The SMILES string of the molecule is CC(=O)N1CCC[C@H](NS(C)(=O)=O)[C@@H]1COC1CCC(c2ccccc2)C1. The molecule has 1 aromatic carbocycles.